The number of thiophene rings is 1. The van der Waals surface area contributed by atoms with Crippen molar-refractivity contribution in [2.24, 2.45) is 5.92 Å². The fraction of sp³-hybridized carbons (Fsp3) is 0.588. The highest BCUT2D eigenvalue weighted by molar-refractivity contribution is 7.14. The lowest BCUT2D eigenvalue weighted by molar-refractivity contribution is 0.0931. The lowest BCUT2D eigenvalue weighted by Gasteiger charge is -2.24. The van der Waals surface area contributed by atoms with Gasteiger partial charge in [0.1, 0.15) is 11.6 Å². The molecule has 0 fully saturated rings. The SMILES string of the molecule is Cc1nnc2n1C[C@@H](NC(=O)c1cc3c(s1)CC[C@@H](C)C3)CC2. The molecular formula is C17H22N4OS. The van der Waals surface area contributed by atoms with Crippen molar-refractivity contribution in [1.82, 2.24) is 20.1 Å². The first-order chi connectivity index (χ1) is 11.1. The van der Waals surface area contributed by atoms with Crippen molar-refractivity contribution in [2.45, 2.75) is 58.5 Å². The predicted molar refractivity (Wildman–Crippen MR) is 89.8 cm³/mol. The summed E-state index contributed by atoms with van der Waals surface area (Å²) < 4.78 is 2.12. The minimum Gasteiger partial charge on any atom is -0.347 e. The fourth-order valence-corrected chi connectivity index (χ4v) is 4.77. The summed E-state index contributed by atoms with van der Waals surface area (Å²) in [6, 6.07) is 2.28. The number of hydrogen-bond donors (Lipinski definition) is 1. The summed E-state index contributed by atoms with van der Waals surface area (Å²) >= 11 is 1.68. The highest BCUT2D eigenvalue weighted by Gasteiger charge is 2.25. The van der Waals surface area contributed by atoms with E-state index in [1.807, 2.05) is 6.92 Å². The molecule has 0 saturated heterocycles. The van der Waals surface area contributed by atoms with Crippen LogP contribution in [0.25, 0.3) is 0 Å². The van der Waals surface area contributed by atoms with E-state index >= 15 is 0 Å². The molecule has 0 bridgehead atoms. The summed E-state index contributed by atoms with van der Waals surface area (Å²) in [5.41, 5.74) is 1.39. The zero-order chi connectivity index (χ0) is 16.0. The van der Waals surface area contributed by atoms with Gasteiger partial charge in [0.05, 0.1) is 4.88 Å². The van der Waals surface area contributed by atoms with E-state index < -0.39 is 0 Å². The largest absolute Gasteiger partial charge is 0.347 e. The molecule has 122 valence electrons. The van der Waals surface area contributed by atoms with Crippen molar-refractivity contribution in [3.8, 4) is 0 Å². The Morgan fingerprint density at radius 1 is 1.35 bits per heavy atom. The Morgan fingerprint density at radius 3 is 3.09 bits per heavy atom. The minimum absolute atomic E-state index is 0.0798. The molecule has 0 unspecified atom stereocenters. The van der Waals surface area contributed by atoms with Crippen LogP contribution in [0.4, 0.5) is 0 Å². The Labute approximate surface area is 140 Å². The van der Waals surface area contributed by atoms with Crippen LogP contribution >= 0.6 is 11.3 Å². The second-order valence-electron chi connectivity index (χ2n) is 6.89. The van der Waals surface area contributed by atoms with Crippen molar-refractivity contribution >= 4 is 17.2 Å². The fourth-order valence-electron chi connectivity index (χ4n) is 3.65. The van der Waals surface area contributed by atoms with Crippen molar-refractivity contribution in [3.63, 3.8) is 0 Å². The monoisotopic (exact) mass is 330 g/mol. The average molecular weight is 330 g/mol. The minimum atomic E-state index is 0.0798. The van der Waals surface area contributed by atoms with Crippen molar-refractivity contribution in [2.75, 3.05) is 0 Å². The van der Waals surface area contributed by atoms with Crippen molar-refractivity contribution in [1.29, 1.82) is 0 Å². The maximum absolute atomic E-state index is 12.6. The van der Waals surface area contributed by atoms with E-state index in [1.54, 1.807) is 11.3 Å². The van der Waals surface area contributed by atoms with Gasteiger partial charge in [0.2, 0.25) is 0 Å². The lowest BCUT2D eigenvalue weighted by atomic mass is 9.90. The molecule has 4 rings (SSSR count). The second kappa shape index (κ2) is 5.74. The molecule has 6 heteroatoms. The summed E-state index contributed by atoms with van der Waals surface area (Å²) in [7, 11) is 0. The molecule has 1 amide bonds. The van der Waals surface area contributed by atoms with Gasteiger partial charge in [-0.3, -0.25) is 4.79 Å². The molecule has 0 radical (unpaired) electrons. The maximum atomic E-state index is 12.6. The highest BCUT2D eigenvalue weighted by Crippen LogP contribution is 2.32. The number of carbonyl (C=O) groups is 1. The second-order valence-corrected chi connectivity index (χ2v) is 8.03. The van der Waals surface area contributed by atoms with Gasteiger partial charge in [-0.2, -0.15) is 0 Å². The van der Waals surface area contributed by atoms with E-state index in [2.05, 4.69) is 33.1 Å². The number of rotatable bonds is 2. The van der Waals surface area contributed by atoms with Crippen LogP contribution in [0.2, 0.25) is 0 Å². The van der Waals surface area contributed by atoms with Gasteiger partial charge >= 0.3 is 0 Å². The third kappa shape index (κ3) is 2.80. The van der Waals surface area contributed by atoms with Crippen molar-refractivity contribution < 1.29 is 4.79 Å². The van der Waals surface area contributed by atoms with Gasteiger partial charge in [-0.05, 0) is 50.2 Å². The first kappa shape index (κ1) is 14.9. The van der Waals surface area contributed by atoms with Gasteiger partial charge in [-0.15, -0.1) is 21.5 Å². The Bertz CT molecular complexity index is 748. The molecule has 5 nitrogen and oxygen atoms in total. The molecule has 2 aromatic rings. The molecule has 1 aliphatic carbocycles. The van der Waals surface area contributed by atoms with Gasteiger partial charge in [-0.1, -0.05) is 6.92 Å². The molecule has 23 heavy (non-hydrogen) atoms. The molecule has 1 aliphatic heterocycles. The number of nitrogens with one attached hydrogen (secondary N) is 1. The number of fused-ring (bicyclic) bond motifs is 2. The molecule has 2 atom stereocenters. The number of nitrogens with zero attached hydrogens (tertiary/aromatic N) is 3. The normalized spacial score (nSPS) is 23.2. The van der Waals surface area contributed by atoms with Crippen molar-refractivity contribution in [3.05, 3.63) is 33.0 Å². The third-order valence-corrected chi connectivity index (χ3v) is 6.26. The first-order valence-corrected chi connectivity index (χ1v) is 9.23. The summed E-state index contributed by atoms with van der Waals surface area (Å²) in [6.45, 7) is 5.04. The Hall–Kier alpha value is -1.69. The van der Waals surface area contributed by atoms with Gasteiger partial charge in [0, 0.05) is 23.9 Å². The van der Waals surface area contributed by atoms with E-state index in [1.165, 1.54) is 16.9 Å². The van der Waals surface area contributed by atoms with Crippen LogP contribution < -0.4 is 5.32 Å². The average Bonchev–Trinajstić information content (AvgIpc) is 3.11. The van der Waals surface area contributed by atoms with E-state index in [0.717, 1.165) is 54.7 Å². The van der Waals surface area contributed by atoms with Crippen LogP contribution in [0.1, 0.15) is 51.5 Å². The Morgan fingerprint density at radius 2 is 2.22 bits per heavy atom. The van der Waals surface area contributed by atoms with Crippen LogP contribution in [-0.4, -0.2) is 26.7 Å². The Balaban J connectivity index is 1.46. The quantitative estimate of drug-likeness (QED) is 0.920. The summed E-state index contributed by atoms with van der Waals surface area (Å²) in [5, 5.41) is 11.5. The number of aromatic nitrogens is 3. The first-order valence-electron chi connectivity index (χ1n) is 8.41. The van der Waals surface area contributed by atoms with Gasteiger partial charge < -0.3 is 9.88 Å². The Kier molecular flexibility index (Phi) is 3.71. The predicted octanol–water partition coefficient (Wildman–Crippen LogP) is 2.52. The summed E-state index contributed by atoms with van der Waals surface area (Å²) in [5.74, 6) is 2.78. The van der Waals surface area contributed by atoms with Crippen LogP contribution in [0.3, 0.4) is 0 Å². The van der Waals surface area contributed by atoms with Gasteiger partial charge in [0.25, 0.3) is 5.91 Å². The molecule has 0 saturated carbocycles. The zero-order valence-electron chi connectivity index (χ0n) is 13.6. The smallest absolute Gasteiger partial charge is 0.261 e. The lowest BCUT2D eigenvalue weighted by Crippen LogP contribution is -2.41. The third-order valence-electron chi connectivity index (χ3n) is 5.02. The molecule has 0 spiro atoms. The number of carbonyl (C=O) groups excluding carboxylic acids is 1. The van der Waals surface area contributed by atoms with Crippen LogP contribution in [0.15, 0.2) is 6.07 Å². The number of amides is 1. The molecule has 1 N–H and O–H groups in total. The van der Waals surface area contributed by atoms with Crippen LogP contribution in [0.5, 0.6) is 0 Å². The maximum Gasteiger partial charge on any atom is 0.261 e. The molecule has 2 aromatic heterocycles. The molecule has 3 heterocycles. The van der Waals surface area contributed by atoms with E-state index in [4.69, 9.17) is 0 Å². The van der Waals surface area contributed by atoms with Gasteiger partial charge in [0.15, 0.2) is 0 Å². The molecule has 0 aromatic carbocycles. The summed E-state index contributed by atoms with van der Waals surface area (Å²) in [6.07, 6.45) is 5.30. The van der Waals surface area contributed by atoms with Gasteiger partial charge in [-0.25, -0.2) is 0 Å². The number of aryl methyl sites for hydroxylation is 3. The summed E-state index contributed by atoms with van der Waals surface area (Å²) in [4.78, 5) is 14.9. The molecule has 2 aliphatic rings. The number of hydrogen-bond acceptors (Lipinski definition) is 4. The standard InChI is InChI=1S/C17H22N4OS/c1-10-3-5-14-12(7-10)8-15(23-14)17(22)18-13-4-6-16-20-19-11(2)21(16)9-13/h8,10,13H,3-7,9H2,1-2H3,(H,18,22)/t10-,13+/m1/s1. The topological polar surface area (TPSA) is 59.8 Å². The zero-order valence-corrected chi connectivity index (χ0v) is 14.4. The van der Waals surface area contributed by atoms with E-state index in [9.17, 15) is 4.79 Å². The van der Waals surface area contributed by atoms with E-state index in [-0.39, 0.29) is 11.9 Å². The van der Waals surface area contributed by atoms with Crippen LogP contribution in [0, 0.1) is 12.8 Å². The molecular weight excluding hydrogens is 308 g/mol. The highest BCUT2D eigenvalue weighted by atomic mass is 32.1. The van der Waals surface area contributed by atoms with E-state index in [0.29, 0.717) is 0 Å². The van der Waals surface area contributed by atoms with Crippen LogP contribution in [-0.2, 0) is 25.8 Å².